The van der Waals surface area contributed by atoms with Gasteiger partial charge in [-0.15, -0.1) is 0 Å². The lowest BCUT2D eigenvalue weighted by molar-refractivity contribution is 0.0593. The third-order valence-corrected chi connectivity index (χ3v) is 5.28. The van der Waals surface area contributed by atoms with E-state index < -0.39 is 28.6 Å². The predicted molar refractivity (Wildman–Crippen MR) is 79.0 cm³/mol. The number of hydrogen-bond donors (Lipinski definition) is 1. The summed E-state index contributed by atoms with van der Waals surface area (Å²) < 4.78 is 28.3. The number of amides is 1. The molecule has 0 bridgehead atoms. The van der Waals surface area contributed by atoms with Gasteiger partial charge in [0.05, 0.1) is 0 Å². The van der Waals surface area contributed by atoms with Crippen LogP contribution in [0.4, 0.5) is 8.78 Å². The van der Waals surface area contributed by atoms with Crippen LogP contribution in [0.1, 0.15) is 24.2 Å². The van der Waals surface area contributed by atoms with Crippen molar-refractivity contribution in [2.75, 3.05) is 19.6 Å². The lowest BCUT2D eigenvalue weighted by atomic mass is 9.84. The molecule has 21 heavy (non-hydrogen) atoms. The Hall–Kier alpha value is -1.01. The van der Waals surface area contributed by atoms with E-state index in [1.54, 1.807) is 4.90 Å². The minimum absolute atomic E-state index is 0.288. The Labute approximate surface area is 130 Å². The van der Waals surface area contributed by atoms with Crippen molar-refractivity contribution < 1.29 is 13.6 Å². The average molecular weight is 359 g/mol. The SMILES string of the molecule is CC1(C)C2CNCC2CN1C(=O)c1c(F)cc(Br)cc1F. The molecule has 1 amide bonds. The van der Waals surface area contributed by atoms with Crippen LogP contribution in [0.25, 0.3) is 0 Å². The van der Waals surface area contributed by atoms with Crippen molar-refractivity contribution in [3.63, 3.8) is 0 Å². The van der Waals surface area contributed by atoms with Crippen LogP contribution in [-0.4, -0.2) is 36.0 Å². The predicted octanol–water partition coefficient (Wildman–Crippen LogP) is 2.80. The molecule has 3 nitrogen and oxygen atoms in total. The first-order valence-corrected chi connectivity index (χ1v) is 7.79. The fourth-order valence-corrected chi connectivity index (χ4v) is 4.05. The molecule has 2 fully saturated rings. The van der Waals surface area contributed by atoms with E-state index in [2.05, 4.69) is 21.2 Å². The van der Waals surface area contributed by atoms with E-state index in [0.717, 1.165) is 25.2 Å². The van der Waals surface area contributed by atoms with Crippen LogP contribution in [0.15, 0.2) is 16.6 Å². The maximum atomic E-state index is 14.0. The number of nitrogens with one attached hydrogen (secondary N) is 1. The smallest absolute Gasteiger partial charge is 0.260 e. The van der Waals surface area contributed by atoms with Crippen molar-refractivity contribution in [1.82, 2.24) is 10.2 Å². The Bertz CT molecular complexity index is 582. The van der Waals surface area contributed by atoms with Gasteiger partial charge >= 0.3 is 0 Å². The molecule has 1 aromatic rings. The third kappa shape index (κ3) is 2.28. The monoisotopic (exact) mass is 358 g/mol. The molecule has 2 saturated heterocycles. The summed E-state index contributed by atoms with van der Waals surface area (Å²) in [6.45, 7) is 6.17. The average Bonchev–Trinajstić information content (AvgIpc) is 2.90. The van der Waals surface area contributed by atoms with Gasteiger partial charge in [0.1, 0.15) is 17.2 Å². The molecule has 2 heterocycles. The Morgan fingerprint density at radius 1 is 1.33 bits per heavy atom. The second kappa shape index (κ2) is 5.02. The van der Waals surface area contributed by atoms with Gasteiger partial charge in [-0.2, -0.15) is 0 Å². The first-order chi connectivity index (χ1) is 9.82. The number of nitrogens with zero attached hydrogens (tertiary/aromatic N) is 1. The van der Waals surface area contributed by atoms with Crippen molar-refractivity contribution in [3.05, 3.63) is 33.8 Å². The van der Waals surface area contributed by atoms with E-state index in [9.17, 15) is 13.6 Å². The Balaban J connectivity index is 1.97. The second-order valence-electron chi connectivity index (χ2n) is 6.34. The van der Waals surface area contributed by atoms with Crippen molar-refractivity contribution >= 4 is 21.8 Å². The molecule has 6 heteroatoms. The van der Waals surface area contributed by atoms with Gasteiger partial charge in [0.25, 0.3) is 5.91 Å². The summed E-state index contributed by atoms with van der Waals surface area (Å²) in [6, 6.07) is 2.25. The standard InChI is InChI=1S/C15H17BrF2N2O/c1-15(2)10-6-19-5-8(10)7-20(15)14(21)13-11(17)3-9(16)4-12(13)18/h3-4,8,10,19H,5-7H2,1-2H3. The van der Waals surface area contributed by atoms with Crippen molar-refractivity contribution in [1.29, 1.82) is 0 Å². The van der Waals surface area contributed by atoms with Gasteiger partial charge < -0.3 is 10.2 Å². The minimum Gasteiger partial charge on any atom is -0.333 e. The molecular formula is C15H17BrF2N2O. The van der Waals surface area contributed by atoms with Crippen LogP contribution in [0.2, 0.25) is 0 Å². The zero-order valence-electron chi connectivity index (χ0n) is 11.9. The Kier molecular flexibility index (Phi) is 3.56. The number of fused-ring (bicyclic) bond motifs is 1. The molecular weight excluding hydrogens is 342 g/mol. The van der Waals surface area contributed by atoms with Crippen LogP contribution in [-0.2, 0) is 0 Å². The van der Waals surface area contributed by atoms with Crippen LogP contribution in [0, 0.1) is 23.5 Å². The molecule has 0 radical (unpaired) electrons. The molecule has 0 aliphatic carbocycles. The maximum absolute atomic E-state index is 14.0. The summed E-state index contributed by atoms with van der Waals surface area (Å²) in [5.74, 6) is -1.53. The van der Waals surface area contributed by atoms with E-state index in [1.807, 2.05) is 13.8 Å². The molecule has 0 spiro atoms. The van der Waals surface area contributed by atoms with E-state index in [-0.39, 0.29) is 4.47 Å². The second-order valence-corrected chi connectivity index (χ2v) is 7.25. The van der Waals surface area contributed by atoms with Crippen molar-refractivity contribution in [2.45, 2.75) is 19.4 Å². The maximum Gasteiger partial charge on any atom is 0.260 e. The summed E-state index contributed by atoms with van der Waals surface area (Å²) in [4.78, 5) is 14.3. The largest absolute Gasteiger partial charge is 0.333 e. The summed E-state index contributed by atoms with van der Waals surface area (Å²) >= 11 is 3.03. The number of rotatable bonds is 1. The molecule has 1 N–H and O–H groups in total. The van der Waals surface area contributed by atoms with Crippen molar-refractivity contribution in [2.24, 2.45) is 11.8 Å². The summed E-state index contributed by atoms with van der Waals surface area (Å²) in [7, 11) is 0. The van der Waals surface area contributed by atoms with Gasteiger partial charge in [0.15, 0.2) is 0 Å². The van der Waals surface area contributed by atoms with Crippen LogP contribution in [0.5, 0.6) is 0 Å². The third-order valence-electron chi connectivity index (χ3n) is 4.83. The zero-order chi connectivity index (χ0) is 15.4. The highest BCUT2D eigenvalue weighted by molar-refractivity contribution is 9.10. The molecule has 0 saturated carbocycles. The van der Waals surface area contributed by atoms with Gasteiger partial charge in [-0.05, 0) is 37.8 Å². The minimum atomic E-state index is -0.821. The van der Waals surface area contributed by atoms with E-state index in [0.29, 0.717) is 18.4 Å². The van der Waals surface area contributed by atoms with Gasteiger partial charge in [-0.1, -0.05) is 15.9 Å². The highest BCUT2D eigenvalue weighted by atomic mass is 79.9. The number of carbonyl (C=O) groups is 1. The topological polar surface area (TPSA) is 32.3 Å². The molecule has 3 rings (SSSR count). The molecule has 2 aliphatic rings. The van der Waals surface area contributed by atoms with Gasteiger partial charge in [0, 0.05) is 29.6 Å². The number of likely N-dealkylation sites (tertiary alicyclic amines) is 1. The number of benzene rings is 1. The fourth-order valence-electron chi connectivity index (χ4n) is 3.65. The summed E-state index contributed by atoms with van der Waals surface area (Å²) in [6.07, 6.45) is 0. The Morgan fingerprint density at radius 2 is 1.95 bits per heavy atom. The number of carbonyl (C=O) groups excluding carboxylic acids is 1. The number of hydrogen-bond acceptors (Lipinski definition) is 2. The summed E-state index contributed by atoms with van der Waals surface area (Å²) in [5.41, 5.74) is -0.865. The molecule has 2 unspecified atom stereocenters. The zero-order valence-corrected chi connectivity index (χ0v) is 13.5. The van der Waals surface area contributed by atoms with E-state index >= 15 is 0 Å². The number of halogens is 3. The van der Waals surface area contributed by atoms with Gasteiger partial charge in [0.2, 0.25) is 0 Å². The lowest BCUT2D eigenvalue weighted by Crippen LogP contribution is -2.48. The van der Waals surface area contributed by atoms with E-state index in [1.165, 1.54) is 0 Å². The van der Waals surface area contributed by atoms with Crippen LogP contribution < -0.4 is 5.32 Å². The van der Waals surface area contributed by atoms with Crippen LogP contribution >= 0.6 is 15.9 Å². The first-order valence-electron chi connectivity index (χ1n) is 6.99. The lowest BCUT2D eigenvalue weighted by Gasteiger charge is -2.35. The van der Waals surface area contributed by atoms with Crippen LogP contribution in [0.3, 0.4) is 0 Å². The quantitative estimate of drug-likeness (QED) is 0.837. The molecule has 2 atom stereocenters. The molecule has 2 aliphatic heterocycles. The highest BCUT2D eigenvalue weighted by Gasteiger charge is 2.51. The first kappa shape index (κ1) is 14.9. The molecule has 0 aromatic heterocycles. The molecule has 1 aromatic carbocycles. The summed E-state index contributed by atoms with van der Waals surface area (Å²) in [5, 5.41) is 3.32. The molecule has 114 valence electrons. The van der Waals surface area contributed by atoms with Gasteiger partial charge in [-0.25, -0.2) is 8.78 Å². The Morgan fingerprint density at radius 3 is 2.52 bits per heavy atom. The van der Waals surface area contributed by atoms with Crippen molar-refractivity contribution in [3.8, 4) is 0 Å². The van der Waals surface area contributed by atoms with E-state index in [4.69, 9.17) is 0 Å². The normalized spacial score (nSPS) is 27.0. The fraction of sp³-hybridized carbons (Fsp3) is 0.533. The highest BCUT2D eigenvalue weighted by Crippen LogP contribution is 2.41. The van der Waals surface area contributed by atoms with Gasteiger partial charge in [-0.3, -0.25) is 4.79 Å².